The highest BCUT2D eigenvalue weighted by Gasteiger charge is 2.21. The summed E-state index contributed by atoms with van der Waals surface area (Å²) in [4.78, 5) is 19.4. The third-order valence-corrected chi connectivity index (χ3v) is 6.38. The monoisotopic (exact) mass is 424 g/mol. The van der Waals surface area contributed by atoms with Crippen molar-refractivity contribution >= 4 is 44.4 Å². The van der Waals surface area contributed by atoms with E-state index in [0.29, 0.717) is 17.4 Å². The van der Waals surface area contributed by atoms with E-state index in [4.69, 9.17) is 9.15 Å². The molecule has 0 atom stereocenters. The number of anilines is 1. The number of aromatic nitrogens is 1. The van der Waals surface area contributed by atoms with Crippen LogP contribution in [0.25, 0.3) is 10.2 Å². The van der Waals surface area contributed by atoms with Crippen molar-refractivity contribution in [3.63, 3.8) is 0 Å². The standard InChI is InChI=1S/C22H20N2O3S2/c1-26-17-9-10-19-20(12-17)29-22(23-19)24(13-18-8-5-11-27-18)21(25)15-28-14-16-6-3-2-4-7-16/h2-12H,13-15H2,1H3. The number of rotatable bonds is 8. The Morgan fingerprint density at radius 3 is 2.79 bits per heavy atom. The largest absolute Gasteiger partial charge is 0.497 e. The number of thiazole rings is 1. The van der Waals surface area contributed by atoms with Crippen LogP contribution in [0, 0.1) is 0 Å². The molecule has 2 aromatic carbocycles. The number of thioether (sulfide) groups is 1. The van der Waals surface area contributed by atoms with Gasteiger partial charge in [0.1, 0.15) is 11.5 Å². The maximum absolute atomic E-state index is 13.1. The summed E-state index contributed by atoms with van der Waals surface area (Å²) in [5.74, 6) is 2.67. The Kier molecular flexibility index (Phi) is 6.17. The zero-order chi connectivity index (χ0) is 20.1. The van der Waals surface area contributed by atoms with Gasteiger partial charge in [-0.3, -0.25) is 9.69 Å². The van der Waals surface area contributed by atoms with E-state index in [2.05, 4.69) is 17.1 Å². The lowest BCUT2D eigenvalue weighted by Crippen LogP contribution is -2.31. The molecule has 0 saturated carbocycles. The van der Waals surface area contributed by atoms with Crippen LogP contribution in [0.4, 0.5) is 5.13 Å². The van der Waals surface area contributed by atoms with Crippen molar-refractivity contribution < 1.29 is 13.9 Å². The fourth-order valence-corrected chi connectivity index (χ4v) is 4.74. The molecular weight excluding hydrogens is 404 g/mol. The predicted molar refractivity (Wildman–Crippen MR) is 119 cm³/mol. The molecule has 0 bridgehead atoms. The maximum Gasteiger partial charge on any atom is 0.239 e. The van der Waals surface area contributed by atoms with Gasteiger partial charge in [0.25, 0.3) is 0 Å². The maximum atomic E-state index is 13.1. The van der Waals surface area contributed by atoms with E-state index in [1.807, 2.05) is 48.5 Å². The van der Waals surface area contributed by atoms with Crippen LogP contribution >= 0.6 is 23.1 Å². The highest BCUT2D eigenvalue weighted by atomic mass is 32.2. The van der Waals surface area contributed by atoms with Crippen LogP contribution in [0.2, 0.25) is 0 Å². The molecule has 0 aliphatic rings. The molecule has 7 heteroatoms. The van der Waals surface area contributed by atoms with Gasteiger partial charge in [-0.05, 0) is 35.9 Å². The van der Waals surface area contributed by atoms with Gasteiger partial charge in [0.15, 0.2) is 5.13 Å². The summed E-state index contributed by atoms with van der Waals surface area (Å²) in [5, 5.41) is 0.662. The topological polar surface area (TPSA) is 55.6 Å². The summed E-state index contributed by atoms with van der Waals surface area (Å²) in [6.07, 6.45) is 1.62. The van der Waals surface area contributed by atoms with E-state index in [0.717, 1.165) is 27.5 Å². The van der Waals surface area contributed by atoms with Crippen molar-refractivity contribution in [2.45, 2.75) is 12.3 Å². The first-order valence-electron chi connectivity index (χ1n) is 9.12. The molecule has 0 spiro atoms. The van der Waals surface area contributed by atoms with Crippen molar-refractivity contribution in [3.05, 3.63) is 78.3 Å². The Hall–Kier alpha value is -2.77. The van der Waals surface area contributed by atoms with Crippen LogP contribution in [-0.4, -0.2) is 23.8 Å². The first kappa shape index (κ1) is 19.5. The molecule has 4 aromatic rings. The third kappa shape index (κ3) is 4.81. The van der Waals surface area contributed by atoms with E-state index in [-0.39, 0.29) is 5.91 Å². The Morgan fingerprint density at radius 2 is 2.03 bits per heavy atom. The van der Waals surface area contributed by atoms with Gasteiger partial charge < -0.3 is 9.15 Å². The number of carbonyl (C=O) groups is 1. The molecule has 0 saturated heterocycles. The van der Waals surface area contributed by atoms with Crippen molar-refractivity contribution in [2.24, 2.45) is 0 Å². The van der Waals surface area contributed by atoms with Crippen molar-refractivity contribution in [2.75, 3.05) is 17.8 Å². The number of hydrogen-bond donors (Lipinski definition) is 0. The molecule has 0 radical (unpaired) electrons. The molecular formula is C22H20N2O3S2. The molecule has 2 heterocycles. The van der Waals surface area contributed by atoms with Gasteiger partial charge in [0.05, 0.1) is 35.9 Å². The second-order valence-corrected chi connectivity index (χ2v) is 8.36. The van der Waals surface area contributed by atoms with Crippen LogP contribution in [-0.2, 0) is 17.1 Å². The zero-order valence-corrected chi connectivity index (χ0v) is 17.5. The quantitative estimate of drug-likeness (QED) is 0.381. The lowest BCUT2D eigenvalue weighted by atomic mass is 10.2. The molecule has 0 fully saturated rings. The molecule has 148 valence electrons. The van der Waals surface area contributed by atoms with Crippen LogP contribution in [0.1, 0.15) is 11.3 Å². The van der Waals surface area contributed by atoms with Crippen LogP contribution < -0.4 is 9.64 Å². The smallest absolute Gasteiger partial charge is 0.239 e. The summed E-state index contributed by atoms with van der Waals surface area (Å²) in [7, 11) is 1.64. The van der Waals surface area contributed by atoms with Gasteiger partial charge in [-0.1, -0.05) is 41.7 Å². The number of fused-ring (bicyclic) bond motifs is 1. The van der Waals surface area contributed by atoms with Gasteiger partial charge in [0, 0.05) is 5.75 Å². The fourth-order valence-electron chi connectivity index (χ4n) is 2.86. The molecule has 4 rings (SSSR count). The lowest BCUT2D eigenvalue weighted by molar-refractivity contribution is -0.116. The number of amides is 1. The minimum absolute atomic E-state index is 0.00773. The molecule has 2 aromatic heterocycles. The van der Waals surface area contributed by atoms with Crippen molar-refractivity contribution in [1.29, 1.82) is 0 Å². The summed E-state index contributed by atoms with van der Waals surface area (Å²) in [5.41, 5.74) is 2.05. The fraction of sp³-hybridized carbons (Fsp3) is 0.182. The first-order valence-corrected chi connectivity index (χ1v) is 11.1. The lowest BCUT2D eigenvalue weighted by Gasteiger charge is -2.18. The van der Waals surface area contributed by atoms with Crippen molar-refractivity contribution in [3.8, 4) is 5.75 Å². The molecule has 0 unspecified atom stereocenters. The van der Waals surface area contributed by atoms with E-state index in [1.165, 1.54) is 16.9 Å². The number of furan rings is 1. The third-order valence-electron chi connectivity index (χ3n) is 4.35. The summed E-state index contributed by atoms with van der Waals surface area (Å²) in [6, 6.07) is 19.6. The average Bonchev–Trinajstić information content (AvgIpc) is 3.41. The number of benzene rings is 2. The highest BCUT2D eigenvalue weighted by Crippen LogP contribution is 2.32. The van der Waals surface area contributed by atoms with Gasteiger partial charge in [-0.15, -0.1) is 11.8 Å². The van der Waals surface area contributed by atoms with Crippen molar-refractivity contribution in [1.82, 2.24) is 4.98 Å². The number of carbonyl (C=O) groups excluding carboxylic acids is 1. The summed E-state index contributed by atoms with van der Waals surface area (Å²) in [6.45, 7) is 0.356. The Balaban J connectivity index is 1.53. The summed E-state index contributed by atoms with van der Waals surface area (Å²) >= 11 is 3.08. The minimum atomic E-state index is 0.00773. The normalized spacial score (nSPS) is 10.9. The summed E-state index contributed by atoms with van der Waals surface area (Å²) < 4.78 is 11.8. The Bertz CT molecular complexity index is 1080. The second kappa shape index (κ2) is 9.15. The minimum Gasteiger partial charge on any atom is -0.497 e. The van der Waals surface area contributed by atoms with E-state index in [1.54, 1.807) is 30.0 Å². The van der Waals surface area contributed by atoms with Crippen LogP contribution in [0.3, 0.4) is 0 Å². The number of nitrogens with zero attached hydrogens (tertiary/aromatic N) is 2. The SMILES string of the molecule is COc1ccc2nc(N(Cc3ccco3)C(=O)CSCc3ccccc3)sc2c1. The Labute approximate surface area is 177 Å². The first-order chi connectivity index (χ1) is 14.2. The van der Waals surface area contributed by atoms with E-state index in [9.17, 15) is 4.79 Å². The molecule has 0 aliphatic carbocycles. The van der Waals surface area contributed by atoms with E-state index < -0.39 is 0 Å². The van der Waals surface area contributed by atoms with Crippen LogP contribution in [0.15, 0.2) is 71.3 Å². The molecule has 0 aliphatic heterocycles. The van der Waals surface area contributed by atoms with Crippen LogP contribution in [0.5, 0.6) is 5.75 Å². The van der Waals surface area contributed by atoms with Gasteiger partial charge in [0.2, 0.25) is 5.91 Å². The number of ether oxygens (including phenoxy) is 1. The Morgan fingerprint density at radius 1 is 1.17 bits per heavy atom. The number of hydrogen-bond acceptors (Lipinski definition) is 6. The molecule has 29 heavy (non-hydrogen) atoms. The molecule has 1 amide bonds. The second-order valence-electron chi connectivity index (χ2n) is 6.37. The van der Waals surface area contributed by atoms with Gasteiger partial charge in [-0.25, -0.2) is 4.98 Å². The molecule has 5 nitrogen and oxygen atoms in total. The van der Waals surface area contributed by atoms with Gasteiger partial charge in [-0.2, -0.15) is 0 Å². The van der Waals surface area contributed by atoms with Gasteiger partial charge >= 0.3 is 0 Å². The zero-order valence-electron chi connectivity index (χ0n) is 15.9. The van der Waals surface area contributed by atoms with E-state index >= 15 is 0 Å². The average molecular weight is 425 g/mol. The number of methoxy groups -OCH3 is 1. The molecule has 0 N–H and O–H groups in total. The predicted octanol–water partition coefficient (Wildman–Crippen LogP) is 5.36. The highest BCUT2D eigenvalue weighted by molar-refractivity contribution is 7.99.